The van der Waals surface area contributed by atoms with Gasteiger partial charge in [-0.1, -0.05) is 0 Å². The van der Waals surface area contributed by atoms with E-state index >= 15 is 0 Å². The second-order valence-corrected chi connectivity index (χ2v) is 6.63. The van der Waals surface area contributed by atoms with Gasteiger partial charge in [0.05, 0.1) is 12.0 Å². The van der Waals surface area contributed by atoms with Gasteiger partial charge in [-0.05, 0) is 40.0 Å². The Hall–Kier alpha value is -0.700. The molecule has 0 aromatic rings. The number of esters is 1. The zero-order chi connectivity index (χ0) is 16.9. The van der Waals surface area contributed by atoms with Crippen molar-refractivity contribution in [2.75, 3.05) is 6.61 Å². The van der Waals surface area contributed by atoms with E-state index in [9.17, 15) is 31.1 Å². The zero-order valence-electron chi connectivity index (χ0n) is 12.1. The number of carbonyl (C=O) groups excluding carboxylic acids is 1. The quantitative estimate of drug-likeness (QED) is 0.296. The average Bonchev–Trinajstić information content (AvgIpc) is 2.31. The minimum atomic E-state index is -5.08. The second-order valence-electron chi connectivity index (χ2n) is 5.65. The molecule has 0 saturated heterocycles. The average molecular weight is 335 g/mol. The zero-order valence-corrected chi connectivity index (χ0v) is 12.9. The van der Waals surface area contributed by atoms with Gasteiger partial charge in [0.15, 0.2) is 0 Å². The molecule has 0 bridgehead atoms. The van der Waals surface area contributed by atoms with E-state index < -0.39 is 40.1 Å². The van der Waals surface area contributed by atoms with Crippen molar-refractivity contribution in [1.29, 1.82) is 0 Å². The van der Waals surface area contributed by atoms with Crippen molar-refractivity contribution in [2.24, 2.45) is 5.41 Å². The summed E-state index contributed by atoms with van der Waals surface area (Å²) in [5, 5.41) is -5.08. The lowest BCUT2D eigenvalue weighted by Gasteiger charge is -2.27. The maximum atomic E-state index is 13.0. The minimum absolute atomic E-state index is 0.00551. The van der Waals surface area contributed by atoms with Gasteiger partial charge in [0, 0.05) is 17.5 Å². The Kier molecular flexibility index (Phi) is 7.28. The SMILES string of the molecule is CC(C)(C)C(=O)OCCCCCC(F)(F)C(F)(F)S(=O)[O-]. The Balaban J connectivity index is 4.02. The van der Waals surface area contributed by atoms with Gasteiger partial charge in [-0.2, -0.15) is 17.6 Å². The second kappa shape index (κ2) is 7.53. The molecule has 0 heterocycles. The van der Waals surface area contributed by atoms with Crippen LogP contribution in [0.1, 0.15) is 46.5 Å². The van der Waals surface area contributed by atoms with E-state index in [4.69, 9.17) is 4.74 Å². The highest BCUT2D eigenvalue weighted by Gasteiger charge is 2.56. The fraction of sp³-hybridized carbons (Fsp3) is 0.917. The molecule has 1 atom stereocenters. The molecule has 9 heteroatoms. The lowest BCUT2D eigenvalue weighted by atomic mass is 9.97. The van der Waals surface area contributed by atoms with Crippen LogP contribution in [0.3, 0.4) is 0 Å². The molecule has 126 valence electrons. The number of ether oxygens (including phenoxy) is 1. The number of rotatable bonds is 8. The third kappa shape index (κ3) is 6.29. The van der Waals surface area contributed by atoms with Crippen LogP contribution in [0.2, 0.25) is 0 Å². The van der Waals surface area contributed by atoms with Crippen LogP contribution >= 0.6 is 0 Å². The molecule has 0 aliphatic carbocycles. The van der Waals surface area contributed by atoms with E-state index in [0.717, 1.165) is 0 Å². The molecule has 4 nitrogen and oxygen atoms in total. The van der Waals surface area contributed by atoms with Crippen molar-refractivity contribution in [3.8, 4) is 0 Å². The Labute approximate surface area is 123 Å². The van der Waals surface area contributed by atoms with Crippen molar-refractivity contribution in [2.45, 2.75) is 57.6 Å². The Morgan fingerprint density at radius 3 is 2.05 bits per heavy atom. The molecule has 0 aromatic carbocycles. The lowest BCUT2D eigenvalue weighted by molar-refractivity contribution is -0.162. The van der Waals surface area contributed by atoms with Crippen LogP contribution in [0.5, 0.6) is 0 Å². The first-order valence-corrected chi connectivity index (χ1v) is 7.42. The van der Waals surface area contributed by atoms with Gasteiger partial charge in [0.1, 0.15) is 0 Å². The van der Waals surface area contributed by atoms with Gasteiger partial charge >= 0.3 is 17.1 Å². The summed E-state index contributed by atoms with van der Waals surface area (Å²) in [6, 6.07) is 0. The summed E-state index contributed by atoms with van der Waals surface area (Å²) >= 11 is -4.17. The fourth-order valence-electron chi connectivity index (χ4n) is 1.27. The third-order valence-electron chi connectivity index (χ3n) is 2.62. The number of halogens is 4. The standard InChI is InChI=1S/C12H20F4O4S/c1-10(2,3)9(17)20-8-6-4-5-7-11(13,14)12(15,16)21(18)19/h4-8H2,1-3H3,(H,18,19)/p-1. The van der Waals surface area contributed by atoms with E-state index in [-0.39, 0.29) is 25.9 Å². The van der Waals surface area contributed by atoms with Crippen molar-refractivity contribution in [3.05, 3.63) is 0 Å². The lowest BCUT2D eigenvalue weighted by Crippen LogP contribution is -2.43. The van der Waals surface area contributed by atoms with Gasteiger partial charge in [0.2, 0.25) is 0 Å². The summed E-state index contributed by atoms with van der Waals surface area (Å²) in [5.74, 6) is -5.05. The molecular weight excluding hydrogens is 316 g/mol. The summed E-state index contributed by atoms with van der Waals surface area (Å²) < 4.78 is 76.5. The molecule has 0 N–H and O–H groups in total. The Bertz CT molecular complexity index is 380. The normalized spacial score (nSPS) is 14.9. The molecule has 0 fully saturated rings. The third-order valence-corrected chi connectivity index (χ3v) is 3.33. The first-order valence-electron chi connectivity index (χ1n) is 6.34. The highest BCUT2D eigenvalue weighted by Crippen LogP contribution is 2.40. The van der Waals surface area contributed by atoms with Crippen LogP contribution in [0.15, 0.2) is 0 Å². The number of hydrogen-bond acceptors (Lipinski definition) is 4. The van der Waals surface area contributed by atoms with E-state index in [1.54, 1.807) is 20.8 Å². The van der Waals surface area contributed by atoms with Crippen LogP contribution < -0.4 is 0 Å². The van der Waals surface area contributed by atoms with Crippen LogP contribution in [0, 0.1) is 5.41 Å². The molecule has 0 aliphatic heterocycles. The van der Waals surface area contributed by atoms with Gasteiger partial charge in [0.25, 0.3) is 0 Å². The molecule has 21 heavy (non-hydrogen) atoms. The summed E-state index contributed by atoms with van der Waals surface area (Å²) in [6.45, 7) is 4.97. The van der Waals surface area contributed by atoms with E-state index in [0.29, 0.717) is 0 Å². The number of carbonyl (C=O) groups is 1. The van der Waals surface area contributed by atoms with Gasteiger partial charge in [-0.15, -0.1) is 0 Å². The van der Waals surface area contributed by atoms with Crippen LogP contribution in [-0.4, -0.2) is 32.5 Å². The first kappa shape index (κ1) is 20.3. The molecule has 0 aliphatic rings. The fourth-order valence-corrected chi connectivity index (χ4v) is 1.62. The van der Waals surface area contributed by atoms with Crippen molar-refractivity contribution >= 4 is 17.0 Å². The molecule has 1 unspecified atom stereocenters. The largest absolute Gasteiger partial charge is 0.768 e. The van der Waals surface area contributed by atoms with Crippen LogP contribution in [0.25, 0.3) is 0 Å². The monoisotopic (exact) mass is 335 g/mol. The van der Waals surface area contributed by atoms with Gasteiger partial charge in [-0.25, -0.2) is 0 Å². The summed E-state index contributed by atoms with van der Waals surface area (Å²) in [7, 11) is 0. The number of unbranched alkanes of at least 4 members (excludes halogenated alkanes) is 2. The van der Waals surface area contributed by atoms with Gasteiger partial charge in [-0.3, -0.25) is 9.00 Å². The predicted octanol–water partition coefficient (Wildman–Crippen LogP) is 3.24. The Morgan fingerprint density at radius 1 is 1.10 bits per heavy atom. The molecule has 0 radical (unpaired) electrons. The maximum Gasteiger partial charge on any atom is 0.371 e. The van der Waals surface area contributed by atoms with Crippen molar-refractivity contribution < 1.29 is 35.9 Å². The summed E-state index contributed by atoms with van der Waals surface area (Å²) in [5.41, 5.74) is -0.673. The molecular formula is C12H19F4O4S-. The molecule has 0 amide bonds. The topological polar surface area (TPSA) is 66.4 Å². The van der Waals surface area contributed by atoms with Crippen molar-refractivity contribution in [1.82, 2.24) is 0 Å². The highest BCUT2D eigenvalue weighted by atomic mass is 32.2. The van der Waals surface area contributed by atoms with E-state index in [2.05, 4.69) is 0 Å². The van der Waals surface area contributed by atoms with Crippen LogP contribution in [0.4, 0.5) is 17.6 Å². The first-order chi connectivity index (χ1) is 9.32. The van der Waals surface area contributed by atoms with Gasteiger partial charge < -0.3 is 9.29 Å². The highest BCUT2D eigenvalue weighted by molar-refractivity contribution is 7.80. The summed E-state index contributed by atoms with van der Waals surface area (Å²) in [6.07, 6.45) is -1.19. The predicted molar refractivity (Wildman–Crippen MR) is 67.7 cm³/mol. The van der Waals surface area contributed by atoms with E-state index in [1.165, 1.54) is 0 Å². The smallest absolute Gasteiger partial charge is 0.371 e. The Morgan fingerprint density at radius 2 is 1.62 bits per heavy atom. The molecule has 0 rings (SSSR count). The van der Waals surface area contributed by atoms with Crippen molar-refractivity contribution in [3.63, 3.8) is 0 Å². The van der Waals surface area contributed by atoms with E-state index in [1.807, 2.05) is 0 Å². The minimum Gasteiger partial charge on any atom is -0.768 e. The number of alkyl halides is 4. The number of hydrogen-bond donors (Lipinski definition) is 0. The molecule has 0 saturated carbocycles. The maximum absolute atomic E-state index is 13.0. The van der Waals surface area contributed by atoms with Crippen LogP contribution in [-0.2, 0) is 20.6 Å². The summed E-state index contributed by atoms with van der Waals surface area (Å²) in [4.78, 5) is 11.4. The molecule has 0 spiro atoms. The molecule has 0 aromatic heterocycles.